The molecule has 21 heavy (non-hydrogen) atoms. The molecule has 0 radical (unpaired) electrons. The number of aromatic nitrogens is 1. The predicted molar refractivity (Wildman–Crippen MR) is 85.4 cm³/mol. The van der Waals surface area contributed by atoms with Gasteiger partial charge in [-0.2, -0.15) is 0 Å². The summed E-state index contributed by atoms with van der Waals surface area (Å²) in [5.41, 5.74) is 3.93. The van der Waals surface area contributed by atoms with Crippen molar-refractivity contribution in [3.8, 4) is 0 Å². The lowest BCUT2D eigenvalue weighted by atomic mass is 10.1. The molecule has 1 aromatic carbocycles. The average Bonchev–Trinajstić information content (AvgIpc) is 3.23. The minimum atomic E-state index is 0.689. The highest BCUT2D eigenvalue weighted by Gasteiger charge is 2.22. The van der Waals surface area contributed by atoms with Crippen LogP contribution in [0.25, 0.3) is 0 Å². The molecule has 1 N–H and O–H groups in total. The van der Waals surface area contributed by atoms with Crippen LogP contribution in [0.1, 0.15) is 29.5 Å². The molecule has 2 aromatic rings. The molecule has 1 aliphatic heterocycles. The van der Waals surface area contributed by atoms with Gasteiger partial charge in [-0.15, -0.1) is 0 Å². The summed E-state index contributed by atoms with van der Waals surface area (Å²) < 4.78 is 0. The van der Waals surface area contributed by atoms with Crippen molar-refractivity contribution in [2.75, 3.05) is 4.90 Å². The van der Waals surface area contributed by atoms with Crippen LogP contribution in [0, 0.1) is 0 Å². The Kier molecular flexibility index (Phi) is 3.32. The minimum absolute atomic E-state index is 0.689. The van der Waals surface area contributed by atoms with Crippen molar-refractivity contribution in [3.05, 3.63) is 58.2 Å². The van der Waals surface area contributed by atoms with Gasteiger partial charge in [0.1, 0.15) is 5.82 Å². The standard InChI is InChI=1S/C17H18ClN3/c18-16-9-20-17(7-14(16)8-19-15-5-6-15)21-10-12-3-1-2-4-13(12)11-21/h1-4,7,9,15,19H,5-6,8,10-11H2. The number of hydrogen-bond donors (Lipinski definition) is 1. The maximum Gasteiger partial charge on any atom is 0.129 e. The van der Waals surface area contributed by atoms with E-state index in [1.54, 1.807) is 6.20 Å². The number of fused-ring (bicyclic) bond motifs is 1. The fourth-order valence-electron chi connectivity index (χ4n) is 2.81. The van der Waals surface area contributed by atoms with Crippen molar-refractivity contribution in [2.45, 2.75) is 38.5 Å². The summed E-state index contributed by atoms with van der Waals surface area (Å²) in [5, 5.41) is 4.27. The second kappa shape index (κ2) is 5.32. The lowest BCUT2D eigenvalue weighted by Gasteiger charge is -2.18. The number of nitrogens with one attached hydrogen (secondary N) is 1. The van der Waals surface area contributed by atoms with E-state index in [1.807, 2.05) is 0 Å². The molecule has 4 heteroatoms. The first-order valence-electron chi connectivity index (χ1n) is 7.49. The van der Waals surface area contributed by atoms with E-state index >= 15 is 0 Å². The van der Waals surface area contributed by atoms with E-state index in [0.717, 1.165) is 36.0 Å². The molecule has 1 fully saturated rings. The van der Waals surface area contributed by atoms with Gasteiger partial charge >= 0.3 is 0 Å². The summed E-state index contributed by atoms with van der Waals surface area (Å²) in [4.78, 5) is 6.82. The second-order valence-corrected chi connectivity index (χ2v) is 6.32. The quantitative estimate of drug-likeness (QED) is 0.936. The molecule has 1 aliphatic carbocycles. The van der Waals surface area contributed by atoms with Gasteiger partial charge in [-0.1, -0.05) is 35.9 Å². The predicted octanol–water partition coefficient (Wildman–Crippen LogP) is 3.51. The molecule has 4 rings (SSSR count). The van der Waals surface area contributed by atoms with Crippen LogP contribution in [0.2, 0.25) is 5.02 Å². The molecule has 1 aromatic heterocycles. The fourth-order valence-corrected chi connectivity index (χ4v) is 2.98. The Labute approximate surface area is 129 Å². The largest absolute Gasteiger partial charge is 0.348 e. The van der Waals surface area contributed by atoms with Crippen molar-refractivity contribution in [1.82, 2.24) is 10.3 Å². The number of rotatable bonds is 4. The molecule has 2 heterocycles. The van der Waals surface area contributed by atoms with Gasteiger partial charge in [0, 0.05) is 31.9 Å². The molecule has 0 atom stereocenters. The molecular formula is C17H18ClN3. The Morgan fingerprint density at radius 1 is 1.19 bits per heavy atom. The van der Waals surface area contributed by atoms with Crippen molar-refractivity contribution in [2.24, 2.45) is 0 Å². The topological polar surface area (TPSA) is 28.2 Å². The zero-order valence-electron chi connectivity index (χ0n) is 11.8. The molecule has 2 aliphatic rings. The highest BCUT2D eigenvalue weighted by molar-refractivity contribution is 6.31. The number of benzene rings is 1. The third-order valence-electron chi connectivity index (χ3n) is 4.24. The lowest BCUT2D eigenvalue weighted by Crippen LogP contribution is -2.18. The van der Waals surface area contributed by atoms with E-state index in [2.05, 4.69) is 45.5 Å². The van der Waals surface area contributed by atoms with E-state index in [9.17, 15) is 0 Å². The number of nitrogens with zero attached hydrogens (tertiary/aromatic N) is 2. The van der Waals surface area contributed by atoms with Crippen LogP contribution in [0.3, 0.4) is 0 Å². The SMILES string of the molecule is Clc1cnc(N2Cc3ccccc3C2)cc1CNC1CC1. The van der Waals surface area contributed by atoms with E-state index in [1.165, 1.54) is 24.0 Å². The molecule has 0 saturated heterocycles. The first kappa shape index (κ1) is 13.1. The van der Waals surface area contributed by atoms with Crippen LogP contribution in [-0.2, 0) is 19.6 Å². The molecule has 0 bridgehead atoms. The van der Waals surface area contributed by atoms with Gasteiger partial charge in [0.05, 0.1) is 5.02 Å². The number of anilines is 1. The van der Waals surface area contributed by atoms with E-state index in [4.69, 9.17) is 11.6 Å². The van der Waals surface area contributed by atoms with Crippen LogP contribution in [0.5, 0.6) is 0 Å². The van der Waals surface area contributed by atoms with E-state index in [0.29, 0.717) is 6.04 Å². The molecule has 0 spiro atoms. The normalized spacial score (nSPS) is 17.1. The zero-order valence-corrected chi connectivity index (χ0v) is 12.6. The highest BCUT2D eigenvalue weighted by Crippen LogP contribution is 2.29. The fraction of sp³-hybridized carbons (Fsp3) is 0.353. The summed E-state index contributed by atoms with van der Waals surface area (Å²) in [7, 11) is 0. The van der Waals surface area contributed by atoms with Crippen molar-refractivity contribution < 1.29 is 0 Å². The summed E-state index contributed by atoms with van der Waals surface area (Å²) in [6, 6.07) is 11.4. The first-order valence-corrected chi connectivity index (χ1v) is 7.87. The van der Waals surface area contributed by atoms with Gasteiger partial charge in [0.2, 0.25) is 0 Å². The smallest absolute Gasteiger partial charge is 0.129 e. The van der Waals surface area contributed by atoms with Gasteiger partial charge in [-0.05, 0) is 35.6 Å². The minimum Gasteiger partial charge on any atom is -0.348 e. The maximum absolute atomic E-state index is 6.27. The van der Waals surface area contributed by atoms with E-state index in [-0.39, 0.29) is 0 Å². The Morgan fingerprint density at radius 3 is 2.57 bits per heavy atom. The van der Waals surface area contributed by atoms with Crippen molar-refractivity contribution in [3.63, 3.8) is 0 Å². The Balaban J connectivity index is 1.54. The third-order valence-corrected chi connectivity index (χ3v) is 4.58. The van der Waals surface area contributed by atoms with Crippen LogP contribution in [0.15, 0.2) is 36.5 Å². The van der Waals surface area contributed by atoms with Crippen LogP contribution in [0.4, 0.5) is 5.82 Å². The molecule has 108 valence electrons. The van der Waals surface area contributed by atoms with Gasteiger partial charge in [0.15, 0.2) is 0 Å². The molecule has 0 unspecified atom stereocenters. The summed E-state index contributed by atoms with van der Waals surface area (Å²) in [6.07, 6.45) is 4.36. The number of pyridine rings is 1. The van der Waals surface area contributed by atoms with Crippen LogP contribution in [-0.4, -0.2) is 11.0 Å². The summed E-state index contributed by atoms with van der Waals surface area (Å²) >= 11 is 6.27. The van der Waals surface area contributed by atoms with Crippen molar-refractivity contribution >= 4 is 17.4 Å². The Hall–Kier alpha value is -1.58. The van der Waals surface area contributed by atoms with Gasteiger partial charge in [0.25, 0.3) is 0 Å². The van der Waals surface area contributed by atoms with Crippen LogP contribution >= 0.6 is 11.6 Å². The molecular weight excluding hydrogens is 282 g/mol. The average molecular weight is 300 g/mol. The monoisotopic (exact) mass is 299 g/mol. The summed E-state index contributed by atoms with van der Waals surface area (Å²) in [5.74, 6) is 1.02. The first-order chi connectivity index (χ1) is 10.3. The summed E-state index contributed by atoms with van der Waals surface area (Å²) in [6.45, 7) is 2.69. The number of hydrogen-bond acceptors (Lipinski definition) is 3. The van der Waals surface area contributed by atoms with Gasteiger partial charge in [-0.3, -0.25) is 0 Å². The Bertz CT molecular complexity index is 642. The maximum atomic E-state index is 6.27. The van der Waals surface area contributed by atoms with E-state index < -0.39 is 0 Å². The Morgan fingerprint density at radius 2 is 1.90 bits per heavy atom. The molecule has 1 saturated carbocycles. The zero-order chi connectivity index (χ0) is 14.2. The van der Waals surface area contributed by atoms with Crippen LogP contribution < -0.4 is 10.2 Å². The van der Waals surface area contributed by atoms with Gasteiger partial charge < -0.3 is 10.2 Å². The molecule has 3 nitrogen and oxygen atoms in total. The second-order valence-electron chi connectivity index (χ2n) is 5.91. The number of halogens is 1. The highest BCUT2D eigenvalue weighted by atomic mass is 35.5. The molecule has 0 amide bonds. The van der Waals surface area contributed by atoms with Gasteiger partial charge in [-0.25, -0.2) is 4.98 Å². The lowest BCUT2D eigenvalue weighted by molar-refractivity contribution is 0.686. The third kappa shape index (κ3) is 2.76. The van der Waals surface area contributed by atoms with Crippen molar-refractivity contribution in [1.29, 1.82) is 0 Å².